The summed E-state index contributed by atoms with van der Waals surface area (Å²) in [7, 11) is 1.97. The van der Waals surface area contributed by atoms with Gasteiger partial charge in [0.15, 0.2) is 0 Å². The molecule has 1 unspecified atom stereocenters. The van der Waals surface area contributed by atoms with Gasteiger partial charge in [-0.2, -0.15) is 0 Å². The van der Waals surface area contributed by atoms with Crippen LogP contribution in [0.1, 0.15) is 13.3 Å². The van der Waals surface area contributed by atoms with Gasteiger partial charge >= 0.3 is 5.97 Å². The monoisotopic (exact) mass is 241 g/mol. The standard InChI is InChI=1S/C10H20BN3O3/c1-6(12)8(15)14-4-7(2-3-11)10(13,5-14)9(16)17/h6-7H,2-5,11-13H2,1H3,(H,16,17)/t6?,7-,10-/m0/s1. The van der Waals surface area contributed by atoms with Crippen molar-refractivity contribution in [1.82, 2.24) is 4.90 Å². The highest BCUT2D eigenvalue weighted by Gasteiger charge is 2.50. The van der Waals surface area contributed by atoms with Gasteiger partial charge in [-0.05, 0) is 6.92 Å². The van der Waals surface area contributed by atoms with E-state index >= 15 is 0 Å². The second-order valence-corrected chi connectivity index (χ2v) is 4.84. The number of nitrogens with zero attached hydrogens (tertiary/aromatic N) is 1. The molecule has 0 spiro atoms. The molecule has 1 fully saturated rings. The first kappa shape index (κ1) is 14.0. The van der Waals surface area contributed by atoms with E-state index in [4.69, 9.17) is 11.5 Å². The third-order valence-electron chi connectivity index (χ3n) is 3.36. The van der Waals surface area contributed by atoms with E-state index in [9.17, 15) is 14.7 Å². The molecule has 3 atom stereocenters. The van der Waals surface area contributed by atoms with Gasteiger partial charge in [0, 0.05) is 19.0 Å². The number of amides is 1. The molecule has 0 radical (unpaired) electrons. The van der Waals surface area contributed by atoms with E-state index in [2.05, 4.69) is 0 Å². The van der Waals surface area contributed by atoms with Crippen molar-refractivity contribution < 1.29 is 14.7 Å². The fraction of sp³-hybridized carbons (Fsp3) is 0.800. The molecule has 1 amide bonds. The Morgan fingerprint density at radius 1 is 1.65 bits per heavy atom. The molecule has 0 bridgehead atoms. The zero-order valence-electron chi connectivity index (χ0n) is 10.3. The molecule has 1 heterocycles. The van der Waals surface area contributed by atoms with Gasteiger partial charge in [-0.15, -0.1) is 0 Å². The molecule has 1 rings (SSSR count). The summed E-state index contributed by atoms with van der Waals surface area (Å²) in [6.07, 6.45) is 1.54. The molecule has 96 valence electrons. The van der Waals surface area contributed by atoms with Crippen LogP contribution in [0, 0.1) is 5.92 Å². The van der Waals surface area contributed by atoms with Gasteiger partial charge in [0.05, 0.1) is 6.04 Å². The van der Waals surface area contributed by atoms with Gasteiger partial charge in [-0.3, -0.25) is 9.59 Å². The number of rotatable bonds is 4. The Hall–Kier alpha value is -1.08. The lowest BCUT2D eigenvalue weighted by Gasteiger charge is -2.24. The lowest BCUT2D eigenvalue weighted by Crippen LogP contribution is -2.55. The highest BCUT2D eigenvalue weighted by Crippen LogP contribution is 2.29. The van der Waals surface area contributed by atoms with E-state index in [0.29, 0.717) is 13.0 Å². The van der Waals surface area contributed by atoms with Gasteiger partial charge in [-0.1, -0.05) is 12.7 Å². The van der Waals surface area contributed by atoms with Gasteiger partial charge in [0.25, 0.3) is 0 Å². The maximum Gasteiger partial charge on any atom is 0.325 e. The number of hydrogen-bond donors (Lipinski definition) is 3. The average Bonchev–Trinajstić information content (AvgIpc) is 2.57. The molecule has 1 aliphatic rings. The molecular weight excluding hydrogens is 221 g/mol. The van der Waals surface area contributed by atoms with Gasteiger partial charge in [0.1, 0.15) is 13.4 Å². The Morgan fingerprint density at radius 2 is 2.24 bits per heavy atom. The summed E-state index contributed by atoms with van der Waals surface area (Å²) in [5.41, 5.74) is 10.1. The fourth-order valence-electron chi connectivity index (χ4n) is 2.33. The topological polar surface area (TPSA) is 110 Å². The van der Waals surface area contributed by atoms with Crippen LogP contribution in [0.25, 0.3) is 0 Å². The Balaban J connectivity index is 2.86. The lowest BCUT2D eigenvalue weighted by atomic mass is 9.81. The van der Waals surface area contributed by atoms with Crippen LogP contribution in [0.5, 0.6) is 0 Å². The molecule has 17 heavy (non-hydrogen) atoms. The largest absolute Gasteiger partial charge is 0.480 e. The minimum Gasteiger partial charge on any atom is -0.480 e. The zero-order chi connectivity index (χ0) is 13.2. The molecule has 7 heteroatoms. The summed E-state index contributed by atoms with van der Waals surface area (Å²) in [6.45, 7) is 2.03. The lowest BCUT2D eigenvalue weighted by molar-refractivity contribution is -0.144. The minimum absolute atomic E-state index is 0.0490. The second-order valence-electron chi connectivity index (χ2n) is 4.84. The third kappa shape index (κ3) is 2.61. The molecule has 5 N–H and O–H groups in total. The van der Waals surface area contributed by atoms with E-state index in [1.54, 1.807) is 6.92 Å². The quantitative estimate of drug-likeness (QED) is 0.494. The molecule has 0 aromatic rings. The number of aliphatic carboxylic acids is 1. The number of hydrogen-bond acceptors (Lipinski definition) is 4. The summed E-state index contributed by atoms with van der Waals surface area (Å²) in [6, 6.07) is -0.617. The number of likely N-dealkylation sites (tertiary alicyclic amines) is 1. The SMILES string of the molecule is BCC[C@H]1CN(C(=O)C(C)N)C[C@@]1(N)C(=O)O. The third-order valence-corrected chi connectivity index (χ3v) is 3.36. The smallest absolute Gasteiger partial charge is 0.325 e. The predicted molar refractivity (Wildman–Crippen MR) is 66.2 cm³/mol. The molecule has 1 saturated heterocycles. The van der Waals surface area contributed by atoms with Crippen molar-refractivity contribution in [1.29, 1.82) is 0 Å². The molecule has 0 saturated carbocycles. The van der Waals surface area contributed by atoms with Crippen molar-refractivity contribution >= 4 is 19.7 Å². The van der Waals surface area contributed by atoms with E-state index < -0.39 is 17.6 Å². The zero-order valence-corrected chi connectivity index (χ0v) is 10.3. The summed E-state index contributed by atoms with van der Waals surface area (Å²) >= 11 is 0. The van der Waals surface area contributed by atoms with Crippen LogP contribution in [-0.4, -0.2) is 54.4 Å². The van der Waals surface area contributed by atoms with Crippen molar-refractivity contribution in [2.24, 2.45) is 17.4 Å². The van der Waals surface area contributed by atoms with Crippen LogP contribution >= 0.6 is 0 Å². The van der Waals surface area contributed by atoms with Crippen LogP contribution in [0.2, 0.25) is 6.32 Å². The first-order chi connectivity index (χ1) is 7.82. The fourth-order valence-corrected chi connectivity index (χ4v) is 2.33. The first-order valence-corrected chi connectivity index (χ1v) is 5.89. The van der Waals surface area contributed by atoms with E-state index in [0.717, 1.165) is 6.32 Å². The van der Waals surface area contributed by atoms with Gasteiger partial charge in [0.2, 0.25) is 5.91 Å². The van der Waals surface area contributed by atoms with Crippen LogP contribution in [-0.2, 0) is 9.59 Å². The average molecular weight is 241 g/mol. The van der Waals surface area contributed by atoms with Crippen molar-refractivity contribution in [3.63, 3.8) is 0 Å². The maximum absolute atomic E-state index is 11.8. The molecule has 1 aliphatic heterocycles. The Bertz CT molecular complexity index is 324. The van der Waals surface area contributed by atoms with Crippen molar-refractivity contribution in [2.75, 3.05) is 13.1 Å². The molecule has 6 nitrogen and oxygen atoms in total. The van der Waals surface area contributed by atoms with E-state index in [1.807, 2.05) is 7.85 Å². The number of carboxylic acids is 1. The predicted octanol–water partition coefficient (Wildman–Crippen LogP) is -1.98. The van der Waals surface area contributed by atoms with Gasteiger partial charge < -0.3 is 21.5 Å². The molecule has 0 aromatic carbocycles. The minimum atomic E-state index is -1.33. The summed E-state index contributed by atoms with van der Waals surface area (Å²) in [5.74, 6) is -1.48. The maximum atomic E-state index is 11.8. The first-order valence-electron chi connectivity index (χ1n) is 5.89. The van der Waals surface area contributed by atoms with Gasteiger partial charge in [-0.25, -0.2) is 0 Å². The molecular formula is C10H20BN3O3. The highest BCUT2D eigenvalue weighted by atomic mass is 16.4. The molecule has 0 aliphatic carbocycles. The second kappa shape index (κ2) is 5.06. The Labute approximate surface area is 102 Å². The number of nitrogens with two attached hydrogens (primary N) is 2. The van der Waals surface area contributed by atoms with E-state index in [-0.39, 0.29) is 18.4 Å². The molecule has 0 aromatic heterocycles. The summed E-state index contributed by atoms with van der Waals surface area (Å²) < 4.78 is 0. The van der Waals surface area contributed by atoms with Crippen molar-refractivity contribution in [3.8, 4) is 0 Å². The van der Waals surface area contributed by atoms with E-state index in [1.165, 1.54) is 4.90 Å². The Kier molecular flexibility index (Phi) is 4.16. The summed E-state index contributed by atoms with van der Waals surface area (Å²) in [4.78, 5) is 24.5. The number of carboxylic acid groups (broad SMARTS) is 1. The van der Waals surface area contributed by atoms with Crippen LogP contribution in [0.4, 0.5) is 0 Å². The normalized spacial score (nSPS) is 30.3. The number of carbonyl (C=O) groups excluding carboxylic acids is 1. The Morgan fingerprint density at radius 3 is 2.65 bits per heavy atom. The highest BCUT2D eigenvalue weighted by molar-refractivity contribution is 6.08. The number of carbonyl (C=O) groups is 2. The van der Waals surface area contributed by atoms with Crippen molar-refractivity contribution in [2.45, 2.75) is 31.2 Å². The summed E-state index contributed by atoms with van der Waals surface area (Å²) in [5, 5.41) is 9.21. The van der Waals surface area contributed by atoms with Crippen LogP contribution < -0.4 is 11.5 Å². The van der Waals surface area contributed by atoms with Crippen LogP contribution in [0.15, 0.2) is 0 Å². The van der Waals surface area contributed by atoms with Crippen molar-refractivity contribution in [3.05, 3.63) is 0 Å². The van der Waals surface area contributed by atoms with Crippen LogP contribution in [0.3, 0.4) is 0 Å².